The molecule has 13 heteroatoms. The van der Waals surface area contributed by atoms with Gasteiger partial charge in [0.2, 0.25) is 0 Å². The van der Waals surface area contributed by atoms with Gasteiger partial charge in [0.1, 0.15) is 29.2 Å². The molecule has 2 atom stereocenters. The lowest BCUT2D eigenvalue weighted by atomic mass is 9.83. The Bertz CT molecular complexity index is 1850. The maximum absolute atomic E-state index is 12.6. The van der Waals surface area contributed by atoms with E-state index in [1.165, 1.54) is 12.4 Å². The second-order valence-corrected chi connectivity index (χ2v) is 17.3. The maximum atomic E-state index is 12.6. The third kappa shape index (κ3) is 6.31. The molecule has 0 N–H and O–H groups in total. The summed E-state index contributed by atoms with van der Waals surface area (Å²) in [5.41, 5.74) is 3.00. The number of fused-ring (bicyclic) bond motifs is 1. The summed E-state index contributed by atoms with van der Waals surface area (Å²) in [4.78, 5) is 10.8. The molecule has 0 aliphatic carbocycles. The lowest BCUT2D eigenvalue weighted by Crippen LogP contribution is -2.57. The molecule has 0 amide bonds. The van der Waals surface area contributed by atoms with E-state index < -0.39 is 13.2 Å². The number of aromatic nitrogens is 4. The Kier molecular flexibility index (Phi) is 8.99. The fraction of sp³-hybridized carbons (Fsp3) is 0.455. The minimum Gasteiger partial charge on any atom is -0.493 e. The molecule has 5 heterocycles. The molecule has 1 unspecified atom stereocenters. The van der Waals surface area contributed by atoms with E-state index in [-0.39, 0.29) is 11.6 Å². The van der Waals surface area contributed by atoms with Crippen molar-refractivity contribution in [2.75, 3.05) is 51.2 Å². The molecule has 3 aromatic heterocycles. The highest BCUT2D eigenvalue weighted by Crippen LogP contribution is 2.49. The van der Waals surface area contributed by atoms with Crippen molar-refractivity contribution in [3.8, 4) is 28.8 Å². The van der Waals surface area contributed by atoms with Crippen molar-refractivity contribution in [3.05, 3.63) is 58.0 Å². The van der Waals surface area contributed by atoms with Crippen molar-refractivity contribution < 1.29 is 18.8 Å². The molecule has 2 fully saturated rings. The average Bonchev–Trinajstić information content (AvgIpc) is 3.36. The van der Waals surface area contributed by atoms with Crippen LogP contribution < -0.4 is 14.4 Å². The first kappa shape index (κ1) is 32.6. The number of nitrogens with zero attached hydrogens (tertiary/aromatic N) is 6. The number of benzene rings is 1. The van der Waals surface area contributed by atoms with Crippen LogP contribution in [0, 0.1) is 16.7 Å². The van der Waals surface area contributed by atoms with E-state index in [0.717, 1.165) is 30.2 Å². The van der Waals surface area contributed by atoms with Crippen LogP contribution in [0.3, 0.4) is 0 Å². The Morgan fingerprint density at radius 1 is 1.20 bits per heavy atom. The number of pyridine rings is 2. The van der Waals surface area contributed by atoms with Crippen LogP contribution >= 0.6 is 30.3 Å². The summed E-state index contributed by atoms with van der Waals surface area (Å²) >= 11 is 12.9. The van der Waals surface area contributed by atoms with Crippen LogP contribution in [0.15, 0.2) is 36.8 Å². The summed E-state index contributed by atoms with van der Waals surface area (Å²) in [6.45, 7) is 9.63. The summed E-state index contributed by atoms with van der Waals surface area (Å²) < 4.78 is 32.9. The normalized spacial score (nSPS) is 18.6. The molecule has 6 rings (SSSR count). The van der Waals surface area contributed by atoms with Crippen molar-refractivity contribution in [1.29, 1.82) is 5.26 Å². The molecule has 2 saturated heterocycles. The molecule has 1 aromatic carbocycles. The molecule has 242 valence electrons. The van der Waals surface area contributed by atoms with Crippen molar-refractivity contribution in [2.24, 2.45) is 5.41 Å². The van der Waals surface area contributed by atoms with Crippen LogP contribution in [-0.2, 0) is 9.30 Å². The first-order valence-electron chi connectivity index (χ1n) is 15.3. The van der Waals surface area contributed by atoms with Crippen molar-refractivity contribution in [1.82, 2.24) is 19.7 Å². The molecule has 4 aromatic rings. The van der Waals surface area contributed by atoms with Crippen molar-refractivity contribution in [3.63, 3.8) is 0 Å². The van der Waals surface area contributed by atoms with Crippen LogP contribution in [0.5, 0.6) is 11.5 Å². The standard InChI is InChI=1S/C33H37Cl2N6O4P/c1-20(30-24(34)15-37-16-25(30)35)45-28-12-22-26(13-27(28)43-3)41(29-8-6-7-11-44-29)39-31(22)21-9-10-38-32(23(21)14-36)40-17-33(2,18-40)19-46(4,5)42/h9-10,12-13,15-16,20,29H,6-8,11,17-19H2,1-5H3/t20-,29?/m1/s1. The average molecular weight is 684 g/mol. The topological polar surface area (TPSA) is 115 Å². The fourth-order valence-corrected chi connectivity index (χ4v) is 9.54. The van der Waals surface area contributed by atoms with E-state index in [1.807, 2.05) is 43.1 Å². The summed E-state index contributed by atoms with van der Waals surface area (Å²) in [6, 6.07) is 8.02. The van der Waals surface area contributed by atoms with Gasteiger partial charge in [-0.3, -0.25) is 4.98 Å². The molecule has 0 saturated carbocycles. The number of methoxy groups -OCH3 is 1. The predicted molar refractivity (Wildman–Crippen MR) is 181 cm³/mol. The number of rotatable bonds is 9. The minimum absolute atomic E-state index is 0.101. The molecule has 2 aliphatic heterocycles. The van der Waals surface area contributed by atoms with Crippen LogP contribution in [0.1, 0.15) is 56.6 Å². The predicted octanol–water partition coefficient (Wildman–Crippen LogP) is 7.97. The van der Waals surface area contributed by atoms with Crippen molar-refractivity contribution in [2.45, 2.75) is 45.4 Å². The summed E-state index contributed by atoms with van der Waals surface area (Å²) in [5.74, 6) is 1.56. The van der Waals surface area contributed by atoms with Gasteiger partial charge >= 0.3 is 0 Å². The molecule has 10 nitrogen and oxygen atoms in total. The van der Waals surface area contributed by atoms with E-state index in [1.54, 1.807) is 13.3 Å². The first-order valence-corrected chi connectivity index (χ1v) is 18.8. The lowest BCUT2D eigenvalue weighted by molar-refractivity contribution is -0.0365. The second-order valence-electron chi connectivity index (χ2n) is 13.0. The molecule has 2 aliphatic rings. The molecule has 0 spiro atoms. The van der Waals surface area contributed by atoms with Gasteiger partial charge in [0.25, 0.3) is 0 Å². The molecular formula is C33H37Cl2N6O4P. The number of halogens is 2. The Labute approximate surface area is 278 Å². The smallest absolute Gasteiger partial charge is 0.162 e. The van der Waals surface area contributed by atoms with Gasteiger partial charge in [-0.05, 0) is 51.6 Å². The van der Waals surface area contributed by atoms with Gasteiger partial charge < -0.3 is 23.7 Å². The van der Waals surface area contributed by atoms with E-state index >= 15 is 0 Å². The zero-order valence-electron chi connectivity index (χ0n) is 26.6. The van der Waals surface area contributed by atoms with E-state index in [9.17, 15) is 9.83 Å². The summed E-state index contributed by atoms with van der Waals surface area (Å²) in [6.07, 6.45) is 7.45. The molecule has 0 bridgehead atoms. The SMILES string of the molecule is COc1cc2c(cc1O[C@H](C)c1c(Cl)cncc1Cl)c(-c1ccnc(N3CC(C)(CP(C)(C)=O)C3)c1C#N)nn2C1CCCCO1. The summed E-state index contributed by atoms with van der Waals surface area (Å²) in [5, 5.41) is 17.2. The van der Waals surface area contributed by atoms with Crippen molar-refractivity contribution >= 4 is 47.1 Å². The second kappa shape index (κ2) is 12.7. The Balaban J connectivity index is 1.46. The Hall–Kier alpha value is -3.35. The fourth-order valence-electron chi connectivity index (χ4n) is 6.83. The van der Waals surface area contributed by atoms with Crippen LogP contribution in [-0.4, -0.2) is 66.0 Å². The quantitative estimate of drug-likeness (QED) is 0.162. The zero-order valence-corrected chi connectivity index (χ0v) is 29.0. The maximum Gasteiger partial charge on any atom is 0.162 e. The largest absolute Gasteiger partial charge is 0.493 e. The monoisotopic (exact) mass is 682 g/mol. The first-order chi connectivity index (χ1) is 21.9. The summed E-state index contributed by atoms with van der Waals surface area (Å²) in [7, 11) is -0.622. The van der Waals surface area contributed by atoms with E-state index in [4.69, 9.17) is 42.5 Å². The Morgan fingerprint density at radius 2 is 1.93 bits per heavy atom. The third-order valence-corrected chi connectivity index (χ3v) is 10.7. The number of hydrogen-bond donors (Lipinski definition) is 0. The molecular weight excluding hydrogens is 646 g/mol. The number of hydrogen-bond acceptors (Lipinski definition) is 9. The minimum atomic E-state index is -2.21. The highest BCUT2D eigenvalue weighted by atomic mass is 35.5. The highest BCUT2D eigenvalue weighted by Gasteiger charge is 2.43. The van der Waals surface area contributed by atoms with E-state index in [2.05, 4.69) is 27.9 Å². The molecule has 0 radical (unpaired) electrons. The zero-order chi connectivity index (χ0) is 32.8. The van der Waals surface area contributed by atoms with Gasteiger partial charge in [0.15, 0.2) is 17.7 Å². The third-order valence-electron chi connectivity index (χ3n) is 8.53. The van der Waals surface area contributed by atoms with Gasteiger partial charge in [-0.1, -0.05) is 30.1 Å². The number of ether oxygens (including phenoxy) is 3. The van der Waals surface area contributed by atoms with Crippen LogP contribution in [0.2, 0.25) is 10.0 Å². The van der Waals surface area contributed by atoms with Gasteiger partial charge in [-0.15, -0.1) is 0 Å². The van der Waals surface area contributed by atoms with Gasteiger partial charge in [-0.2, -0.15) is 10.4 Å². The molecule has 46 heavy (non-hydrogen) atoms. The van der Waals surface area contributed by atoms with Gasteiger partial charge in [0.05, 0.1) is 29.8 Å². The lowest BCUT2D eigenvalue weighted by Gasteiger charge is -2.49. The van der Waals surface area contributed by atoms with E-state index in [0.29, 0.717) is 75.6 Å². The Morgan fingerprint density at radius 3 is 2.57 bits per heavy atom. The number of nitriles is 1. The van der Waals surface area contributed by atoms with Crippen LogP contribution in [0.25, 0.3) is 22.2 Å². The number of anilines is 1. The highest BCUT2D eigenvalue weighted by molar-refractivity contribution is 7.62. The van der Waals surface area contributed by atoms with Gasteiger partial charge in [0, 0.05) is 72.4 Å². The van der Waals surface area contributed by atoms with Gasteiger partial charge in [-0.25, -0.2) is 9.67 Å². The van der Waals surface area contributed by atoms with Crippen LogP contribution in [0.4, 0.5) is 5.82 Å².